The molecule has 1 saturated carbocycles. The summed E-state index contributed by atoms with van der Waals surface area (Å²) >= 11 is 0. The Balaban J connectivity index is 1.32. The summed E-state index contributed by atoms with van der Waals surface area (Å²) in [6.07, 6.45) is 3.70. The summed E-state index contributed by atoms with van der Waals surface area (Å²) in [6, 6.07) is 10.5. The molecule has 0 radical (unpaired) electrons. The fraction of sp³-hybridized carbons (Fsp3) is 0.296. The van der Waals surface area contributed by atoms with Gasteiger partial charge in [0.1, 0.15) is 28.2 Å². The second-order valence-corrected chi connectivity index (χ2v) is 9.75. The number of rotatable bonds is 7. The standard InChI is InChI=1S/C27H25F2N5O3/c28-21-10-15-9-19-25(35)20(27(36)37)13-34(18-5-6-18)26(19)32-23(15)22(29)24(21)33-11-17(12-33)31-16-3-1-14(2-4-16)7-8-30/h1-4,9-10,13,17-18,31H,5-8,11-12,30H2,(H,36,37). The highest BCUT2D eigenvalue weighted by atomic mass is 19.1. The van der Waals surface area contributed by atoms with E-state index in [1.165, 1.54) is 12.3 Å². The molecule has 0 atom stereocenters. The lowest BCUT2D eigenvalue weighted by molar-refractivity contribution is 0.0695. The molecule has 0 spiro atoms. The highest BCUT2D eigenvalue weighted by Gasteiger charge is 2.33. The fourth-order valence-electron chi connectivity index (χ4n) is 4.99. The van der Waals surface area contributed by atoms with Crippen LogP contribution in [0.3, 0.4) is 0 Å². The van der Waals surface area contributed by atoms with Crippen LogP contribution in [-0.4, -0.2) is 46.3 Å². The van der Waals surface area contributed by atoms with Crippen molar-refractivity contribution < 1.29 is 18.7 Å². The lowest BCUT2D eigenvalue weighted by atomic mass is 10.0. The lowest BCUT2D eigenvalue weighted by Crippen LogP contribution is -2.55. The Hall–Kier alpha value is -4.05. The minimum atomic E-state index is -1.35. The van der Waals surface area contributed by atoms with E-state index in [1.807, 2.05) is 24.3 Å². The first-order valence-electron chi connectivity index (χ1n) is 12.3. The van der Waals surface area contributed by atoms with E-state index in [0.29, 0.717) is 19.6 Å². The van der Waals surface area contributed by atoms with Gasteiger partial charge in [-0.2, -0.15) is 0 Å². The van der Waals surface area contributed by atoms with Gasteiger partial charge in [0.05, 0.1) is 11.4 Å². The number of nitrogens with zero attached hydrogens (tertiary/aromatic N) is 3. The summed E-state index contributed by atoms with van der Waals surface area (Å²) in [5, 5.41) is 13.0. The molecule has 3 heterocycles. The van der Waals surface area contributed by atoms with Crippen LogP contribution < -0.4 is 21.4 Å². The number of carbonyl (C=O) groups is 1. The van der Waals surface area contributed by atoms with E-state index in [4.69, 9.17) is 5.73 Å². The number of nitrogens with two attached hydrogens (primary N) is 1. The van der Waals surface area contributed by atoms with Crippen LogP contribution in [0.2, 0.25) is 0 Å². The molecule has 1 saturated heterocycles. The molecule has 4 aromatic rings. The molecular weight excluding hydrogens is 480 g/mol. The number of benzene rings is 2. The van der Waals surface area contributed by atoms with Crippen LogP contribution in [0.25, 0.3) is 21.9 Å². The molecule has 2 aromatic heterocycles. The molecule has 0 amide bonds. The highest BCUT2D eigenvalue weighted by molar-refractivity contribution is 5.97. The average molecular weight is 506 g/mol. The molecule has 2 aliphatic rings. The van der Waals surface area contributed by atoms with Crippen molar-refractivity contribution in [3.63, 3.8) is 0 Å². The molecular formula is C27H25F2N5O3. The lowest BCUT2D eigenvalue weighted by Gasteiger charge is -2.42. The van der Waals surface area contributed by atoms with E-state index in [0.717, 1.165) is 36.6 Å². The first-order chi connectivity index (χ1) is 17.8. The van der Waals surface area contributed by atoms with Crippen molar-refractivity contribution in [3.05, 3.63) is 75.6 Å². The number of fused-ring (bicyclic) bond motifs is 2. The molecule has 6 rings (SSSR count). The molecule has 4 N–H and O–H groups in total. The third kappa shape index (κ3) is 4.07. The minimum Gasteiger partial charge on any atom is -0.477 e. The predicted octanol–water partition coefficient (Wildman–Crippen LogP) is 3.66. The van der Waals surface area contributed by atoms with E-state index in [1.54, 1.807) is 9.47 Å². The maximum Gasteiger partial charge on any atom is 0.341 e. The summed E-state index contributed by atoms with van der Waals surface area (Å²) < 4.78 is 32.5. The Morgan fingerprint density at radius 3 is 2.54 bits per heavy atom. The van der Waals surface area contributed by atoms with E-state index in [-0.39, 0.29) is 45.3 Å². The van der Waals surface area contributed by atoms with Gasteiger partial charge in [-0.3, -0.25) is 4.79 Å². The normalized spacial score (nSPS) is 15.8. The Bertz CT molecular complexity index is 1610. The van der Waals surface area contributed by atoms with Crippen LogP contribution in [0.5, 0.6) is 0 Å². The van der Waals surface area contributed by atoms with Crippen molar-refractivity contribution in [1.29, 1.82) is 0 Å². The number of carboxylic acids is 1. The predicted molar refractivity (Wildman–Crippen MR) is 137 cm³/mol. The van der Waals surface area contributed by atoms with Crippen LogP contribution in [0.1, 0.15) is 34.8 Å². The smallest absolute Gasteiger partial charge is 0.341 e. The SMILES string of the molecule is NCCc1ccc(NC2CN(c3c(F)cc4cc5c(=O)c(C(=O)O)cn(C6CC6)c5nc4c3F)C2)cc1. The molecule has 2 aromatic carbocycles. The Morgan fingerprint density at radius 2 is 1.89 bits per heavy atom. The Labute approximate surface area is 210 Å². The second kappa shape index (κ2) is 8.81. The average Bonchev–Trinajstić information content (AvgIpc) is 3.68. The number of nitrogens with one attached hydrogen (secondary N) is 1. The first kappa shape index (κ1) is 23.4. The second-order valence-electron chi connectivity index (χ2n) is 9.75. The quantitative estimate of drug-likeness (QED) is 0.329. The van der Waals surface area contributed by atoms with E-state index in [9.17, 15) is 14.7 Å². The van der Waals surface area contributed by atoms with Crippen molar-refractivity contribution in [2.45, 2.75) is 31.3 Å². The third-order valence-corrected chi connectivity index (χ3v) is 7.08. The van der Waals surface area contributed by atoms with Gasteiger partial charge in [-0.15, -0.1) is 0 Å². The largest absolute Gasteiger partial charge is 0.477 e. The number of hydrogen-bond donors (Lipinski definition) is 3. The van der Waals surface area contributed by atoms with Crippen molar-refractivity contribution >= 4 is 39.3 Å². The highest BCUT2D eigenvalue weighted by Crippen LogP contribution is 2.38. The molecule has 1 aliphatic heterocycles. The molecule has 8 nitrogen and oxygen atoms in total. The maximum atomic E-state index is 15.7. The van der Waals surface area contributed by atoms with E-state index >= 15 is 8.78 Å². The molecule has 0 unspecified atom stereocenters. The first-order valence-corrected chi connectivity index (χ1v) is 12.3. The van der Waals surface area contributed by atoms with Crippen molar-refractivity contribution in [2.75, 3.05) is 29.9 Å². The van der Waals surface area contributed by atoms with Crippen LogP contribution in [0.15, 0.2) is 47.4 Å². The number of halogens is 2. The van der Waals surface area contributed by atoms with Crippen LogP contribution in [0.4, 0.5) is 20.2 Å². The molecule has 10 heteroatoms. The van der Waals surface area contributed by atoms with Gasteiger partial charge < -0.3 is 25.6 Å². The van der Waals surface area contributed by atoms with Crippen molar-refractivity contribution in [3.8, 4) is 0 Å². The zero-order chi connectivity index (χ0) is 25.8. The molecule has 2 fully saturated rings. The summed E-state index contributed by atoms with van der Waals surface area (Å²) in [7, 11) is 0. The fourth-order valence-corrected chi connectivity index (χ4v) is 4.99. The Kier molecular flexibility index (Phi) is 5.56. The maximum absolute atomic E-state index is 15.7. The zero-order valence-electron chi connectivity index (χ0n) is 19.9. The van der Waals surface area contributed by atoms with Crippen LogP contribution in [0, 0.1) is 11.6 Å². The monoisotopic (exact) mass is 505 g/mol. The van der Waals surface area contributed by atoms with Crippen LogP contribution >= 0.6 is 0 Å². The van der Waals surface area contributed by atoms with Gasteiger partial charge in [0.2, 0.25) is 5.43 Å². The molecule has 190 valence electrons. The van der Waals surface area contributed by atoms with Crippen LogP contribution in [-0.2, 0) is 6.42 Å². The number of aromatic carboxylic acids is 1. The summed E-state index contributed by atoms with van der Waals surface area (Å²) in [6.45, 7) is 1.40. The number of aromatic nitrogens is 2. The Morgan fingerprint density at radius 1 is 1.16 bits per heavy atom. The van der Waals surface area contributed by atoms with Gasteiger partial charge >= 0.3 is 5.97 Å². The van der Waals surface area contributed by atoms with Crippen molar-refractivity contribution in [1.82, 2.24) is 9.55 Å². The summed E-state index contributed by atoms with van der Waals surface area (Å²) in [5.74, 6) is -2.90. The van der Waals surface area contributed by atoms with Gasteiger partial charge in [-0.05, 0) is 55.6 Å². The van der Waals surface area contributed by atoms with E-state index < -0.39 is 23.0 Å². The topological polar surface area (TPSA) is 113 Å². The van der Waals surface area contributed by atoms with Gasteiger partial charge in [-0.1, -0.05) is 12.1 Å². The van der Waals surface area contributed by atoms with Gasteiger partial charge in [-0.25, -0.2) is 18.6 Å². The summed E-state index contributed by atoms with van der Waals surface area (Å²) in [4.78, 5) is 30.5. The number of carboxylic acid groups (broad SMARTS) is 1. The number of anilines is 2. The number of hydrogen-bond acceptors (Lipinski definition) is 6. The molecule has 37 heavy (non-hydrogen) atoms. The molecule has 1 aliphatic carbocycles. The third-order valence-electron chi connectivity index (χ3n) is 7.08. The van der Waals surface area contributed by atoms with E-state index in [2.05, 4.69) is 10.3 Å². The van der Waals surface area contributed by atoms with Gasteiger partial charge in [0.25, 0.3) is 0 Å². The minimum absolute atomic E-state index is 0.000663. The summed E-state index contributed by atoms with van der Waals surface area (Å²) in [5.41, 5.74) is 6.57. The number of pyridine rings is 2. The molecule has 0 bridgehead atoms. The van der Waals surface area contributed by atoms with Crippen molar-refractivity contribution in [2.24, 2.45) is 5.73 Å². The zero-order valence-corrected chi connectivity index (χ0v) is 19.9. The van der Waals surface area contributed by atoms with Gasteiger partial charge in [0, 0.05) is 36.4 Å². The van der Waals surface area contributed by atoms with Gasteiger partial charge in [0.15, 0.2) is 5.82 Å².